The van der Waals surface area contributed by atoms with Crippen LogP contribution >= 0.6 is 0 Å². The van der Waals surface area contributed by atoms with Crippen molar-refractivity contribution in [3.05, 3.63) is 42.6 Å². The number of nitrogens with one attached hydrogen (secondary N) is 2. The number of hydrogen-bond donors (Lipinski definition) is 3. The Bertz CT molecular complexity index is 953. The van der Waals surface area contributed by atoms with Crippen LogP contribution in [0.15, 0.2) is 42.6 Å². The van der Waals surface area contributed by atoms with Crippen LogP contribution < -0.4 is 15.4 Å². The number of anilines is 1. The van der Waals surface area contributed by atoms with Crippen LogP contribution in [-0.4, -0.2) is 45.4 Å². The number of amides is 2. The first-order valence-corrected chi connectivity index (χ1v) is 7.82. The summed E-state index contributed by atoms with van der Waals surface area (Å²) >= 11 is 0. The lowest BCUT2D eigenvalue weighted by Gasteiger charge is -2.04. The van der Waals surface area contributed by atoms with Crippen molar-refractivity contribution in [3.63, 3.8) is 0 Å². The van der Waals surface area contributed by atoms with Crippen LogP contribution in [0.1, 0.15) is 6.42 Å². The molecule has 0 atom stereocenters. The van der Waals surface area contributed by atoms with Gasteiger partial charge in [0.1, 0.15) is 5.75 Å². The number of carbonyl (C=O) groups excluding carboxylic acids is 1. The van der Waals surface area contributed by atoms with Crippen LogP contribution in [0.3, 0.4) is 0 Å². The van der Waals surface area contributed by atoms with Gasteiger partial charge in [-0.25, -0.2) is 14.3 Å². The van der Waals surface area contributed by atoms with E-state index in [0.29, 0.717) is 11.5 Å². The largest absolute Gasteiger partial charge is 0.497 e. The third-order valence-electron chi connectivity index (χ3n) is 3.55. The highest BCUT2D eigenvalue weighted by Gasteiger charge is 2.09. The molecule has 26 heavy (non-hydrogen) atoms. The number of nitrogens with zero attached hydrogens (tertiary/aromatic N) is 3. The van der Waals surface area contributed by atoms with E-state index in [0.717, 1.165) is 17.0 Å². The molecular formula is C17H17N5O4. The maximum absolute atomic E-state index is 11.7. The molecule has 0 fully saturated rings. The summed E-state index contributed by atoms with van der Waals surface area (Å²) in [6, 6.07) is 10.6. The number of carboxylic acid groups (broad SMARTS) is 1. The van der Waals surface area contributed by atoms with Crippen molar-refractivity contribution < 1.29 is 19.4 Å². The molecule has 9 nitrogen and oxygen atoms in total. The Morgan fingerprint density at radius 1 is 1.27 bits per heavy atom. The van der Waals surface area contributed by atoms with E-state index in [-0.39, 0.29) is 13.0 Å². The molecule has 2 amide bonds. The lowest BCUT2D eigenvalue weighted by molar-refractivity contribution is -0.136. The molecule has 3 aromatic rings. The lowest BCUT2D eigenvalue weighted by Crippen LogP contribution is -2.30. The minimum absolute atomic E-state index is 0.0345. The summed E-state index contributed by atoms with van der Waals surface area (Å²) in [4.78, 5) is 26.4. The Labute approximate surface area is 148 Å². The molecule has 0 saturated carbocycles. The van der Waals surface area contributed by atoms with E-state index in [1.165, 1.54) is 0 Å². The zero-order valence-electron chi connectivity index (χ0n) is 14.0. The van der Waals surface area contributed by atoms with Crippen LogP contribution in [0.2, 0.25) is 0 Å². The summed E-state index contributed by atoms with van der Waals surface area (Å²) in [6.07, 6.45) is 1.43. The molecule has 0 aliphatic carbocycles. The summed E-state index contributed by atoms with van der Waals surface area (Å²) in [5.41, 5.74) is 2.18. The molecular weight excluding hydrogens is 338 g/mol. The first kappa shape index (κ1) is 17.2. The number of ether oxygens (including phenoxy) is 1. The molecule has 2 aromatic heterocycles. The Hall–Kier alpha value is -3.62. The molecule has 9 heteroatoms. The van der Waals surface area contributed by atoms with E-state index >= 15 is 0 Å². The van der Waals surface area contributed by atoms with E-state index in [1.807, 2.05) is 30.3 Å². The fourth-order valence-electron chi connectivity index (χ4n) is 2.32. The van der Waals surface area contributed by atoms with Crippen molar-refractivity contribution in [2.75, 3.05) is 19.0 Å². The number of benzene rings is 1. The number of methoxy groups -OCH3 is 1. The molecule has 134 valence electrons. The van der Waals surface area contributed by atoms with Crippen LogP contribution in [-0.2, 0) is 4.79 Å². The van der Waals surface area contributed by atoms with Crippen LogP contribution in [0.4, 0.5) is 10.6 Å². The number of hydrogen-bond acceptors (Lipinski definition) is 5. The smallest absolute Gasteiger partial charge is 0.320 e. The number of carbonyl (C=O) groups is 2. The number of imidazole rings is 1. The zero-order valence-corrected chi connectivity index (χ0v) is 14.0. The quantitative estimate of drug-likeness (QED) is 0.622. The second-order valence-electron chi connectivity index (χ2n) is 5.40. The fraction of sp³-hybridized carbons (Fsp3) is 0.176. The highest BCUT2D eigenvalue weighted by atomic mass is 16.5. The predicted molar refractivity (Wildman–Crippen MR) is 94.2 cm³/mol. The van der Waals surface area contributed by atoms with Gasteiger partial charge in [0, 0.05) is 12.1 Å². The van der Waals surface area contributed by atoms with Gasteiger partial charge >= 0.3 is 12.0 Å². The number of carboxylic acids is 1. The number of aromatic nitrogens is 3. The average molecular weight is 355 g/mol. The lowest BCUT2D eigenvalue weighted by atomic mass is 10.1. The topological polar surface area (TPSA) is 118 Å². The summed E-state index contributed by atoms with van der Waals surface area (Å²) < 4.78 is 6.78. The number of urea groups is 1. The molecule has 0 radical (unpaired) electrons. The predicted octanol–water partition coefficient (Wildman–Crippen LogP) is 2.00. The van der Waals surface area contributed by atoms with Gasteiger partial charge in [0.15, 0.2) is 11.5 Å². The van der Waals surface area contributed by atoms with Crippen molar-refractivity contribution >= 4 is 23.5 Å². The van der Waals surface area contributed by atoms with Crippen molar-refractivity contribution in [3.8, 4) is 17.0 Å². The average Bonchev–Trinajstić information content (AvgIpc) is 3.02. The number of aliphatic carboxylic acids is 1. The molecule has 3 rings (SSSR count). The Morgan fingerprint density at radius 2 is 2.12 bits per heavy atom. The molecule has 0 bridgehead atoms. The highest BCUT2D eigenvalue weighted by molar-refractivity contribution is 5.88. The Morgan fingerprint density at radius 3 is 2.88 bits per heavy atom. The number of fused-ring (bicyclic) bond motifs is 1. The van der Waals surface area contributed by atoms with Gasteiger partial charge in [0.05, 0.1) is 25.4 Å². The van der Waals surface area contributed by atoms with Crippen molar-refractivity contribution in [1.29, 1.82) is 0 Å². The van der Waals surface area contributed by atoms with Crippen LogP contribution in [0.5, 0.6) is 5.75 Å². The summed E-state index contributed by atoms with van der Waals surface area (Å²) in [6.45, 7) is 0.0345. The van der Waals surface area contributed by atoms with E-state index in [2.05, 4.69) is 20.7 Å². The molecule has 0 saturated heterocycles. The van der Waals surface area contributed by atoms with Crippen LogP contribution in [0.25, 0.3) is 16.9 Å². The second-order valence-corrected chi connectivity index (χ2v) is 5.40. The van der Waals surface area contributed by atoms with Gasteiger partial charge in [-0.1, -0.05) is 12.1 Å². The second kappa shape index (κ2) is 7.51. The van der Waals surface area contributed by atoms with E-state index < -0.39 is 12.0 Å². The van der Waals surface area contributed by atoms with Crippen LogP contribution in [0, 0.1) is 0 Å². The van der Waals surface area contributed by atoms with E-state index in [1.54, 1.807) is 23.9 Å². The summed E-state index contributed by atoms with van der Waals surface area (Å²) in [7, 11) is 1.60. The summed E-state index contributed by atoms with van der Waals surface area (Å²) in [5, 5.41) is 18.0. The maximum atomic E-state index is 11.7. The van der Waals surface area contributed by atoms with Crippen molar-refractivity contribution in [2.45, 2.75) is 6.42 Å². The highest BCUT2D eigenvalue weighted by Crippen LogP contribution is 2.22. The van der Waals surface area contributed by atoms with Gasteiger partial charge in [-0.05, 0) is 24.3 Å². The molecule has 0 aliphatic rings. The maximum Gasteiger partial charge on any atom is 0.320 e. The van der Waals surface area contributed by atoms with Crippen molar-refractivity contribution in [2.24, 2.45) is 0 Å². The molecule has 0 aliphatic heterocycles. The zero-order chi connectivity index (χ0) is 18.5. The molecule has 2 heterocycles. The van der Waals surface area contributed by atoms with Gasteiger partial charge in [0.2, 0.25) is 0 Å². The van der Waals surface area contributed by atoms with E-state index in [4.69, 9.17) is 9.84 Å². The van der Waals surface area contributed by atoms with Gasteiger partial charge in [-0.3, -0.25) is 10.1 Å². The van der Waals surface area contributed by atoms with Crippen molar-refractivity contribution in [1.82, 2.24) is 19.9 Å². The molecule has 0 unspecified atom stereocenters. The molecule has 1 aromatic carbocycles. The normalized spacial score (nSPS) is 10.5. The Balaban J connectivity index is 1.75. The van der Waals surface area contributed by atoms with Gasteiger partial charge in [-0.2, -0.15) is 5.10 Å². The minimum atomic E-state index is -0.979. The fourth-order valence-corrected chi connectivity index (χ4v) is 2.32. The Kier molecular flexibility index (Phi) is 4.97. The molecule has 0 spiro atoms. The SMILES string of the molecule is COc1cccc(-c2ccc3nc(NC(=O)NCCC(=O)O)cn3n2)c1. The van der Waals surface area contributed by atoms with Gasteiger partial charge in [-0.15, -0.1) is 0 Å². The summed E-state index contributed by atoms with van der Waals surface area (Å²) in [5.74, 6) is 0.0656. The first-order valence-electron chi connectivity index (χ1n) is 7.82. The third-order valence-corrected chi connectivity index (χ3v) is 3.55. The minimum Gasteiger partial charge on any atom is -0.497 e. The third kappa shape index (κ3) is 4.07. The van der Waals surface area contributed by atoms with Gasteiger partial charge < -0.3 is 15.2 Å². The first-order chi connectivity index (χ1) is 12.5. The standard InChI is InChI=1S/C17H17N5O4/c1-26-12-4-2-3-11(9-12)13-5-6-15-19-14(10-22(15)21-13)20-17(25)18-8-7-16(23)24/h2-6,9-10H,7-8H2,1H3,(H,23,24)(H2,18,20,25). The monoisotopic (exact) mass is 355 g/mol. The molecule has 3 N–H and O–H groups in total. The van der Waals surface area contributed by atoms with E-state index in [9.17, 15) is 9.59 Å². The number of rotatable bonds is 6. The van der Waals surface area contributed by atoms with Gasteiger partial charge in [0.25, 0.3) is 0 Å².